The largest absolute Gasteiger partial charge is 0.480 e. The van der Waals surface area contributed by atoms with E-state index in [1.165, 1.54) is 25.8 Å². The van der Waals surface area contributed by atoms with Crippen molar-refractivity contribution in [2.45, 2.75) is 64.2 Å². The van der Waals surface area contributed by atoms with Crippen LogP contribution in [0.1, 0.15) is 38.6 Å². The lowest BCUT2D eigenvalue weighted by molar-refractivity contribution is -0.142. The molecule has 8 N–H and O–H groups in total. The molecule has 2 rings (SSSR count). The number of amides is 3. The van der Waals surface area contributed by atoms with Gasteiger partial charge in [-0.05, 0) is 19.3 Å². The number of H-pyrrole nitrogens is 2. The van der Waals surface area contributed by atoms with Gasteiger partial charge in [-0.1, -0.05) is 13.8 Å². The minimum absolute atomic E-state index is 0.00541. The molecule has 0 spiro atoms. The molecule has 0 saturated heterocycles. The molecule has 2 aromatic rings. The summed E-state index contributed by atoms with van der Waals surface area (Å²) in [4.78, 5) is 63.5. The van der Waals surface area contributed by atoms with Crippen LogP contribution in [-0.4, -0.2) is 72.9 Å². The number of nitrogens with two attached hydrogens (primary N) is 1. The first-order chi connectivity index (χ1) is 16.1. The van der Waals surface area contributed by atoms with E-state index >= 15 is 0 Å². The number of nitrogens with zero attached hydrogens (tertiary/aromatic N) is 2. The number of aromatic amines is 2. The van der Waals surface area contributed by atoms with Crippen LogP contribution in [0.25, 0.3) is 0 Å². The van der Waals surface area contributed by atoms with Crippen molar-refractivity contribution >= 4 is 23.7 Å². The summed E-state index contributed by atoms with van der Waals surface area (Å²) in [5.41, 5.74) is 6.55. The fraction of sp³-hybridized carbons (Fsp3) is 0.524. The number of aromatic nitrogens is 4. The highest BCUT2D eigenvalue weighted by Gasteiger charge is 2.31. The van der Waals surface area contributed by atoms with Crippen LogP contribution in [0.2, 0.25) is 0 Å². The molecule has 0 radical (unpaired) electrons. The van der Waals surface area contributed by atoms with E-state index in [0.29, 0.717) is 17.8 Å². The third-order valence-corrected chi connectivity index (χ3v) is 4.94. The average molecular weight is 477 g/mol. The summed E-state index contributed by atoms with van der Waals surface area (Å²) in [5.74, 6) is -2.98. The third-order valence-electron chi connectivity index (χ3n) is 4.94. The zero-order valence-corrected chi connectivity index (χ0v) is 19.4. The highest BCUT2D eigenvalue weighted by atomic mass is 16.4. The van der Waals surface area contributed by atoms with Crippen LogP contribution in [0.3, 0.4) is 0 Å². The Hall–Kier alpha value is -3.74. The van der Waals surface area contributed by atoms with Gasteiger partial charge in [-0.3, -0.25) is 14.4 Å². The number of nitrogens with one attached hydrogen (secondary N) is 5. The molecule has 186 valence electrons. The van der Waals surface area contributed by atoms with Crippen molar-refractivity contribution in [2.24, 2.45) is 11.7 Å². The van der Waals surface area contributed by atoms with Gasteiger partial charge >= 0.3 is 5.97 Å². The Labute approximate surface area is 196 Å². The van der Waals surface area contributed by atoms with Crippen molar-refractivity contribution < 1.29 is 24.3 Å². The second kappa shape index (κ2) is 12.5. The Morgan fingerprint density at radius 2 is 1.32 bits per heavy atom. The zero-order valence-electron chi connectivity index (χ0n) is 19.4. The Morgan fingerprint density at radius 1 is 0.853 bits per heavy atom. The molecule has 0 aliphatic carbocycles. The first-order valence-electron chi connectivity index (χ1n) is 10.9. The predicted molar refractivity (Wildman–Crippen MR) is 121 cm³/mol. The molecule has 13 heteroatoms. The molecule has 4 atom stereocenters. The van der Waals surface area contributed by atoms with E-state index in [2.05, 4.69) is 35.9 Å². The number of carbonyl (C=O) groups is 4. The third kappa shape index (κ3) is 8.31. The van der Waals surface area contributed by atoms with Crippen LogP contribution in [0.4, 0.5) is 0 Å². The summed E-state index contributed by atoms with van der Waals surface area (Å²) in [7, 11) is 0. The van der Waals surface area contributed by atoms with Crippen molar-refractivity contribution in [1.82, 2.24) is 35.9 Å². The SMILES string of the molecule is CC(C)C[C@H](NC(=O)[C@H](C)N)C(=O)N[C@@H](Cc1c[nH]cn1)C(=O)N[C@@H](Cc1c[nH]cn1)C(=O)O. The summed E-state index contributed by atoms with van der Waals surface area (Å²) >= 11 is 0. The number of aliphatic carboxylic acids is 1. The first-order valence-corrected chi connectivity index (χ1v) is 10.9. The quantitative estimate of drug-likeness (QED) is 0.187. The summed E-state index contributed by atoms with van der Waals surface area (Å²) < 4.78 is 0. The Morgan fingerprint density at radius 3 is 1.76 bits per heavy atom. The van der Waals surface area contributed by atoms with Gasteiger partial charge in [0.15, 0.2) is 0 Å². The Bertz CT molecular complexity index is 943. The smallest absolute Gasteiger partial charge is 0.326 e. The van der Waals surface area contributed by atoms with Crippen LogP contribution < -0.4 is 21.7 Å². The molecule has 0 aliphatic rings. The normalized spacial score (nSPS) is 14.6. The van der Waals surface area contributed by atoms with Crippen LogP contribution in [0, 0.1) is 5.92 Å². The van der Waals surface area contributed by atoms with Crippen molar-refractivity contribution in [3.05, 3.63) is 36.4 Å². The molecular formula is C21H32N8O5. The molecule has 0 fully saturated rings. The van der Waals surface area contributed by atoms with Crippen LogP contribution >= 0.6 is 0 Å². The van der Waals surface area contributed by atoms with Crippen molar-refractivity contribution in [1.29, 1.82) is 0 Å². The average Bonchev–Trinajstić information content (AvgIpc) is 3.45. The van der Waals surface area contributed by atoms with Gasteiger partial charge in [0.1, 0.15) is 18.1 Å². The number of hydrogen-bond acceptors (Lipinski definition) is 7. The maximum Gasteiger partial charge on any atom is 0.326 e. The molecule has 13 nitrogen and oxygen atoms in total. The highest BCUT2D eigenvalue weighted by Crippen LogP contribution is 2.08. The Kier molecular flexibility index (Phi) is 9.74. The molecule has 0 aromatic carbocycles. The lowest BCUT2D eigenvalue weighted by Gasteiger charge is -2.25. The molecule has 2 aromatic heterocycles. The molecule has 0 saturated carbocycles. The van der Waals surface area contributed by atoms with E-state index < -0.39 is 47.9 Å². The minimum Gasteiger partial charge on any atom is -0.480 e. The number of carbonyl (C=O) groups excluding carboxylic acids is 3. The van der Waals surface area contributed by atoms with Gasteiger partial charge in [0.25, 0.3) is 0 Å². The number of imidazole rings is 2. The molecule has 2 heterocycles. The number of carboxylic acids is 1. The van der Waals surface area contributed by atoms with E-state index in [1.807, 2.05) is 13.8 Å². The van der Waals surface area contributed by atoms with Crippen molar-refractivity contribution in [2.75, 3.05) is 0 Å². The molecular weight excluding hydrogens is 444 g/mol. The standard InChI is InChI=1S/C21H32N8O5/c1-11(2)4-15(27-18(30)12(3)22)19(31)28-16(5-13-7-23-9-25-13)20(32)29-17(21(33)34)6-14-8-24-10-26-14/h7-12,15-17H,4-6,22H2,1-3H3,(H,23,25)(H,24,26)(H,27,30)(H,28,31)(H,29,32)(H,33,34)/t12-,15-,16-,17-/m0/s1. The van der Waals surface area contributed by atoms with Crippen molar-refractivity contribution in [3.8, 4) is 0 Å². The van der Waals surface area contributed by atoms with Crippen LogP contribution in [0.5, 0.6) is 0 Å². The highest BCUT2D eigenvalue weighted by molar-refractivity contribution is 5.94. The van der Waals surface area contributed by atoms with E-state index in [0.717, 1.165) is 0 Å². The van der Waals surface area contributed by atoms with Gasteiger partial charge in [0.2, 0.25) is 17.7 Å². The van der Waals surface area contributed by atoms with E-state index in [4.69, 9.17) is 5.73 Å². The summed E-state index contributed by atoms with van der Waals surface area (Å²) in [6, 6.07) is -4.14. The Balaban J connectivity index is 2.19. The topological polar surface area (TPSA) is 208 Å². The van der Waals surface area contributed by atoms with Crippen LogP contribution in [-0.2, 0) is 32.0 Å². The second-order valence-corrected chi connectivity index (χ2v) is 8.47. The molecule has 0 aliphatic heterocycles. The van der Waals surface area contributed by atoms with Crippen LogP contribution in [0.15, 0.2) is 25.0 Å². The second-order valence-electron chi connectivity index (χ2n) is 8.47. The molecule has 0 unspecified atom stereocenters. The van der Waals surface area contributed by atoms with Gasteiger partial charge < -0.3 is 36.8 Å². The maximum absolute atomic E-state index is 13.1. The number of carboxylic acid groups (broad SMARTS) is 1. The molecule has 34 heavy (non-hydrogen) atoms. The van der Waals surface area contributed by atoms with Gasteiger partial charge in [-0.15, -0.1) is 0 Å². The summed E-state index contributed by atoms with van der Waals surface area (Å²) in [6.07, 6.45) is 6.20. The predicted octanol–water partition coefficient (Wildman–Crippen LogP) is -1.15. The van der Waals surface area contributed by atoms with E-state index in [9.17, 15) is 24.3 Å². The molecule has 0 bridgehead atoms. The number of rotatable bonds is 13. The van der Waals surface area contributed by atoms with Gasteiger partial charge in [-0.25, -0.2) is 14.8 Å². The van der Waals surface area contributed by atoms with Gasteiger partial charge in [-0.2, -0.15) is 0 Å². The summed E-state index contributed by atoms with van der Waals surface area (Å²) in [6.45, 7) is 5.27. The fourth-order valence-corrected chi connectivity index (χ4v) is 3.18. The fourth-order valence-electron chi connectivity index (χ4n) is 3.18. The van der Waals surface area contributed by atoms with Crippen molar-refractivity contribution in [3.63, 3.8) is 0 Å². The maximum atomic E-state index is 13.1. The zero-order chi connectivity index (χ0) is 25.3. The van der Waals surface area contributed by atoms with Gasteiger partial charge in [0.05, 0.1) is 30.1 Å². The summed E-state index contributed by atoms with van der Waals surface area (Å²) in [5, 5.41) is 17.3. The monoisotopic (exact) mass is 476 g/mol. The molecule has 3 amide bonds. The lowest BCUT2D eigenvalue weighted by Crippen LogP contribution is -2.57. The van der Waals surface area contributed by atoms with E-state index in [-0.39, 0.29) is 18.8 Å². The van der Waals surface area contributed by atoms with Gasteiger partial charge in [0, 0.05) is 25.2 Å². The van der Waals surface area contributed by atoms with E-state index in [1.54, 1.807) is 6.20 Å². The number of hydrogen-bond donors (Lipinski definition) is 7. The lowest BCUT2D eigenvalue weighted by atomic mass is 10.0. The first kappa shape index (κ1) is 26.5. The minimum atomic E-state index is -1.27.